The van der Waals surface area contributed by atoms with Crippen LogP contribution < -0.4 is 0 Å². The highest BCUT2D eigenvalue weighted by molar-refractivity contribution is 9.10. The number of hydrogen-bond acceptors (Lipinski definition) is 2. The zero-order valence-corrected chi connectivity index (χ0v) is 10.4. The van der Waals surface area contributed by atoms with Gasteiger partial charge in [0.2, 0.25) is 0 Å². The van der Waals surface area contributed by atoms with Crippen LogP contribution in [0.5, 0.6) is 0 Å². The Bertz CT molecular complexity index is 368. The number of benzene rings is 1. The first kappa shape index (κ1) is 11.1. The lowest BCUT2D eigenvalue weighted by atomic mass is 9.97. The minimum absolute atomic E-state index is 0.0696. The van der Waals surface area contributed by atoms with Gasteiger partial charge in [-0.25, -0.2) is 4.39 Å². The third-order valence-corrected chi connectivity index (χ3v) is 4.07. The van der Waals surface area contributed by atoms with E-state index in [4.69, 9.17) is 0 Å². The summed E-state index contributed by atoms with van der Waals surface area (Å²) >= 11 is 4.98. The second kappa shape index (κ2) is 4.66. The molecule has 2 rings (SSSR count). The summed E-state index contributed by atoms with van der Waals surface area (Å²) in [5.41, 5.74) is 0.481. The van der Waals surface area contributed by atoms with E-state index in [-0.39, 0.29) is 17.5 Å². The fraction of sp³-hybridized carbons (Fsp3) is 0.364. The van der Waals surface area contributed by atoms with Gasteiger partial charge < -0.3 is 0 Å². The topological polar surface area (TPSA) is 17.1 Å². The molecule has 0 saturated carbocycles. The van der Waals surface area contributed by atoms with E-state index in [0.717, 1.165) is 17.9 Å². The predicted octanol–water partition coefficient (Wildman–Crippen LogP) is 3.52. The molecule has 0 N–H and O–H groups in total. The third kappa shape index (κ3) is 2.61. The van der Waals surface area contributed by atoms with Gasteiger partial charge in [-0.15, -0.1) is 0 Å². The van der Waals surface area contributed by atoms with E-state index in [2.05, 4.69) is 15.9 Å². The molecule has 15 heavy (non-hydrogen) atoms. The fourth-order valence-corrected chi connectivity index (χ4v) is 3.36. The lowest BCUT2D eigenvalue weighted by molar-refractivity contribution is 0.0933. The number of ketones is 1. The average Bonchev–Trinajstić information content (AvgIpc) is 2.67. The second-order valence-corrected chi connectivity index (χ2v) is 5.65. The zero-order chi connectivity index (χ0) is 10.8. The molecule has 0 radical (unpaired) electrons. The van der Waals surface area contributed by atoms with Crippen molar-refractivity contribution in [2.24, 2.45) is 5.92 Å². The Labute approximate surface area is 101 Å². The maximum Gasteiger partial charge on any atom is 0.166 e. The van der Waals surface area contributed by atoms with Crippen LogP contribution in [0, 0.1) is 11.7 Å². The first-order valence-electron chi connectivity index (χ1n) is 4.75. The van der Waals surface area contributed by atoms with Gasteiger partial charge in [-0.1, -0.05) is 15.9 Å². The quantitative estimate of drug-likeness (QED) is 0.775. The molecular formula is C11H10BrFOS. The Morgan fingerprint density at radius 2 is 2.27 bits per heavy atom. The number of halogens is 2. The van der Waals surface area contributed by atoms with E-state index in [1.54, 1.807) is 17.8 Å². The van der Waals surface area contributed by atoms with Crippen LogP contribution >= 0.6 is 27.7 Å². The Hall–Kier alpha value is -0.350. The molecule has 1 unspecified atom stereocenters. The fourth-order valence-electron chi connectivity index (χ4n) is 1.67. The molecule has 1 saturated heterocycles. The SMILES string of the molecule is O=C(c1cc(F)cc(Br)c1)C1CCSC1. The smallest absolute Gasteiger partial charge is 0.166 e. The van der Waals surface area contributed by atoms with Crippen LogP contribution in [-0.2, 0) is 0 Å². The van der Waals surface area contributed by atoms with Gasteiger partial charge in [-0.2, -0.15) is 11.8 Å². The maximum absolute atomic E-state index is 13.1. The molecule has 1 heterocycles. The predicted molar refractivity (Wildman–Crippen MR) is 63.9 cm³/mol. The summed E-state index contributed by atoms with van der Waals surface area (Å²) in [6, 6.07) is 4.37. The van der Waals surface area contributed by atoms with Crippen LogP contribution in [0.25, 0.3) is 0 Å². The van der Waals surface area contributed by atoms with Gasteiger partial charge in [0, 0.05) is 21.7 Å². The first-order valence-corrected chi connectivity index (χ1v) is 6.69. The highest BCUT2D eigenvalue weighted by atomic mass is 79.9. The molecule has 0 amide bonds. The summed E-state index contributed by atoms with van der Waals surface area (Å²) in [5, 5.41) is 0. The third-order valence-electron chi connectivity index (χ3n) is 2.45. The van der Waals surface area contributed by atoms with E-state index in [1.807, 2.05) is 0 Å². The van der Waals surface area contributed by atoms with E-state index < -0.39 is 0 Å². The van der Waals surface area contributed by atoms with Crippen LogP contribution in [0.2, 0.25) is 0 Å². The minimum atomic E-state index is -0.363. The minimum Gasteiger partial charge on any atom is -0.294 e. The van der Waals surface area contributed by atoms with Gasteiger partial charge in [0.1, 0.15) is 5.82 Å². The van der Waals surface area contributed by atoms with E-state index in [9.17, 15) is 9.18 Å². The molecule has 0 aliphatic carbocycles. The van der Waals surface area contributed by atoms with Crippen LogP contribution in [0.3, 0.4) is 0 Å². The molecule has 4 heteroatoms. The van der Waals surface area contributed by atoms with Crippen LogP contribution in [0.15, 0.2) is 22.7 Å². The lowest BCUT2D eigenvalue weighted by Gasteiger charge is -2.07. The molecule has 1 atom stereocenters. The van der Waals surface area contributed by atoms with Crippen molar-refractivity contribution in [2.45, 2.75) is 6.42 Å². The summed E-state index contributed by atoms with van der Waals surface area (Å²) in [6.45, 7) is 0. The molecule has 1 aliphatic heterocycles. The van der Waals surface area contributed by atoms with E-state index in [0.29, 0.717) is 10.0 Å². The number of hydrogen-bond donors (Lipinski definition) is 0. The Morgan fingerprint density at radius 3 is 2.87 bits per heavy atom. The lowest BCUT2D eigenvalue weighted by Crippen LogP contribution is -2.14. The second-order valence-electron chi connectivity index (χ2n) is 3.58. The Kier molecular flexibility index (Phi) is 3.46. The van der Waals surface area contributed by atoms with Gasteiger partial charge in [0.25, 0.3) is 0 Å². The van der Waals surface area contributed by atoms with Crippen molar-refractivity contribution < 1.29 is 9.18 Å². The number of thioether (sulfide) groups is 1. The molecule has 1 aliphatic rings. The molecule has 1 aromatic rings. The number of carbonyl (C=O) groups is 1. The van der Waals surface area contributed by atoms with Crippen LogP contribution in [-0.4, -0.2) is 17.3 Å². The highest BCUT2D eigenvalue weighted by Gasteiger charge is 2.24. The normalized spacial score (nSPS) is 20.5. The van der Waals surface area contributed by atoms with Gasteiger partial charge in [-0.05, 0) is 30.4 Å². The van der Waals surface area contributed by atoms with Crippen molar-refractivity contribution in [1.82, 2.24) is 0 Å². The van der Waals surface area contributed by atoms with E-state index >= 15 is 0 Å². The molecule has 80 valence electrons. The van der Waals surface area contributed by atoms with Crippen molar-refractivity contribution in [3.8, 4) is 0 Å². The molecular weight excluding hydrogens is 279 g/mol. The van der Waals surface area contributed by atoms with Gasteiger partial charge in [0.05, 0.1) is 0 Å². The molecule has 0 spiro atoms. The van der Waals surface area contributed by atoms with Crippen molar-refractivity contribution >= 4 is 33.5 Å². The largest absolute Gasteiger partial charge is 0.294 e. The Balaban J connectivity index is 2.24. The summed E-state index contributed by atoms with van der Waals surface area (Å²) in [6.07, 6.45) is 0.914. The average molecular weight is 289 g/mol. The van der Waals surface area contributed by atoms with Crippen molar-refractivity contribution in [2.75, 3.05) is 11.5 Å². The monoisotopic (exact) mass is 288 g/mol. The maximum atomic E-state index is 13.1. The van der Waals surface area contributed by atoms with Crippen LogP contribution in [0.4, 0.5) is 4.39 Å². The van der Waals surface area contributed by atoms with Gasteiger partial charge >= 0.3 is 0 Å². The molecule has 1 aromatic carbocycles. The van der Waals surface area contributed by atoms with Crippen LogP contribution in [0.1, 0.15) is 16.8 Å². The molecule has 1 fully saturated rings. The first-order chi connectivity index (χ1) is 7.16. The van der Waals surface area contributed by atoms with Gasteiger partial charge in [0.15, 0.2) is 5.78 Å². The molecule has 1 nitrogen and oxygen atoms in total. The van der Waals surface area contributed by atoms with Crippen molar-refractivity contribution in [1.29, 1.82) is 0 Å². The standard InChI is InChI=1S/C11H10BrFOS/c12-9-3-8(4-10(13)5-9)11(14)7-1-2-15-6-7/h3-5,7H,1-2,6H2. The number of Topliss-reactive ketones (excluding diaryl/α,β-unsaturated/α-hetero) is 1. The van der Waals surface area contributed by atoms with Crippen molar-refractivity contribution in [3.63, 3.8) is 0 Å². The Morgan fingerprint density at radius 1 is 1.47 bits per heavy atom. The number of rotatable bonds is 2. The zero-order valence-electron chi connectivity index (χ0n) is 8.00. The molecule has 0 bridgehead atoms. The summed E-state index contributed by atoms with van der Waals surface area (Å²) in [4.78, 5) is 12.0. The molecule has 0 aromatic heterocycles. The number of carbonyl (C=O) groups excluding carboxylic acids is 1. The van der Waals surface area contributed by atoms with Gasteiger partial charge in [-0.3, -0.25) is 4.79 Å². The highest BCUT2D eigenvalue weighted by Crippen LogP contribution is 2.27. The summed E-state index contributed by atoms with van der Waals surface area (Å²) in [5.74, 6) is 1.68. The summed E-state index contributed by atoms with van der Waals surface area (Å²) < 4.78 is 13.7. The van der Waals surface area contributed by atoms with E-state index in [1.165, 1.54) is 12.1 Å². The van der Waals surface area contributed by atoms with Crippen molar-refractivity contribution in [3.05, 3.63) is 34.1 Å². The summed E-state index contributed by atoms with van der Waals surface area (Å²) in [7, 11) is 0.